The van der Waals surface area contributed by atoms with E-state index in [2.05, 4.69) is 23.7 Å². The van der Waals surface area contributed by atoms with Gasteiger partial charge in [0.1, 0.15) is 4.21 Å². The minimum absolute atomic E-state index is 0.0535. The standard InChI is InChI=1S/C22H29N5O3S2/c1-14(2)19-12-17(18-13-23-27(15(3)4)21(18)24-19)22(28)26-9-7-16(8-10-26)25-32(29,30)20-6-5-11-31-20/h5-6,11-16,25H,7-10H2,1-4H3. The molecule has 4 rings (SSSR count). The maximum absolute atomic E-state index is 13.5. The second-order valence-corrected chi connectivity index (χ2v) is 11.7. The van der Waals surface area contributed by atoms with Crippen LogP contribution in [0.3, 0.4) is 0 Å². The van der Waals surface area contributed by atoms with Gasteiger partial charge in [0.15, 0.2) is 5.65 Å². The molecule has 0 radical (unpaired) electrons. The van der Waals surface area contributed by atoms with Gasteiger partial charge >= 0.3 is 0 Å². The van der Waals surface area contributed by atoms with E-state index in [4.69, 9.17) is 4.98 Å². The summed E-state index contributed by atoms with van der Waals surface area (Å²) in [6, 6.07) is 5.16. The number of likely N-dealkylation sites (tertiary alicyclic amines) is 1. The number of nitrogens with zero attached hydrogens (tertiary/aromatic N) is 4. The molecule has 3 aromatic heterocycles. The molecule has 1 fully saturated rings. The van der Waals surface area contributed by atoms with Crippen LogP contribution in [-0.2, 0) is 10.0 Å². The number of thiophene rings is 1. The Morgan fingerprint density at radius 3 is 2.53 bits per heavy atom. The van der Waals surface area contributed by atoms with Crippen molar-refractivity contribution in [2.45, 2.75) is 62.7 Å². The van der Waals surface area contributed by atoms with Crippen LogP contribution >= 0.6 is 11.3 Å². The summed E-state index contributed by atoms with van der Waals surface area (Å²) in [5.41, 5.74) is 2.21. The first-order valence-corrected chi connectivity index (χ1v) is 13.3. The maximum atomic E-state index is 13.5. The zero-order valence-corrected chi connectivity index (χ0v) is 20.4. The fourth-order valence-electron chi connectivity index (χ4n) is 3.95. The second-order valence-electron chi connectivity index (χ2n) is 8.79. The van der Waals surface area contributed by atoms with Crippen molar-refractivity contribution in [2.75, 3.05) is 13.1 Å². The van der Waals surface area contributed by atoms with Crippen molar-refractivity contribution in [3.05, 3.63) is 41.0 Å². The third kappa shape index (κ3) is 4.44. The molecule has 172 valence electrons. The molecule has 4 heterocycles. The Morgan fingerprint density at radius 2 is 1.94 bits per heavy atom. The molecule has 8 nitrogen and oxygen atoms in total. The summed E-state index contributed by atoms with van der Waals surface area (Å²) in [7, 11) is -3.51. The number of carbonyl (C=O) groups excluding carboxylic acids is 1. The van der Waals surface area contributed by atoms with Crippen molar-refractivity contribution < 1.29 is 13.2 Å². The number of fused-ring (bicyclic) bond motifs is 1. The molecule has 0 aliphatic carbocycles. The van der Waals surface area contributed by atoms with Crippen molar-refractivity contribution in [2.24, 2.45) is 0 Å². The minimum Gasteiger partial charge on any atom is -0.339 e. The molecule has 0 spiro atoms. The van der Waals surface area contributed by atoms with Gasteiger partial charge in [0.25, 0.3) is 5.91 Å². The van der Waals surface area contributed by atoms with Gasteiger partial charge < -0.3 is 4.90 Å². The Balaban J connectivity index is 1.53. The van der Waals surface area contributed by atoms with Crippen molar-refractivity contribution in [3.63, 3.8) is 0 Å². The summed E-state index contributed by atoms with van der Waals surface area (Å²) in [5.74, 6) is 0.126. The van der Waals surface area contributed by atoms with Crippen molar-refractivity contribution in [1.29, 1.82) is 0 Å². The van der Waals surface area contributed by atoms with Crippen molar-refractivity contribution in [3.8, 4) is 0 Å². The van der Waals surface area contributed by atoms with E-state index in [0.29, 0.717) is 35.7 Å². The topological polar surface area (TPSA) is 97.2 Å². The molecular weight excluding hydrogens is 446 g/mol. The zero-order chi connectivity index (χ0) is 23.0. The number of piperidine rings is 1. The van der Waals surface area contributed by atoms with E-state index in [9.17, 15) is 13.2 Å². The third-order valence-electron chi connectivity index (χ3n) is 5.76. The Hall–Kier alpha value is -2.30. The Labute approximate surface area is 192 Å². The number of hydrogen-bond acceptors (Lipinski definition) is 6. The molecule has 32 heavy (non-hydrogen) atoms. The normalized spacial score (nSPS) is 15.9. The molecule has 1 amide bonds. The number of carbonyl (C=O) groups is 1. The third-order valence-corrected chi connectivity index (χ3v) is 8.68. The van der Waals surface area contributed by atoms with Crippen molar-refractivity contribution >= 4 is 38.3 Å². The van der Waals surface area contributed by atoms with Gasteiger partial charge in [-0.25, -0.2) is 22.8 Å². The largest absolute Gasteiger partial charge is 0.339 e. The fourth-order valence-corrected chi connectivity index (χ4v) is 6.27. The molecule has 0 aromatic carbocycles. The number of pyridine rings is 1. The van der Waals surface area contributed by atoms with Gasteiger partial charge in [-0.05, 0) is 50.1 Å². The van der Waals surface area contributed by atoms with Crippen LogP contribution in [0.5, 0.6) is 0 Å². The van der Waals surface area contributed by atoms with Gasteiger partial charge in [-0.15, -0.1) is 11.3 Å². The predicted octanol–water partition coefficient (Wildman–Crippen LogP) is 3.78. The maximum Gasteiger partial charge on any atom is 0.254 e. The number of aromatic nitrogens is 3. The number of nitrogens with one attached hydrogen (secondary N) is 1. The first kappa shape index (κ1) is 22.9. The summed E-state index contributed by atoms with van der Waals surface area (Å²) < 4.78 is 30.0. The molecule has 0 unspecified atom stereocenters. The number of rotatable bonds is 6. The summed E-state index contributed by atoms with van der Waals surface area (Å²) in [6.45, 7) is 9.19. The van der Waals surface area contributed by atoms with Crippen LogP contribution in [0.2, 0.25) is 0 Å². The van der Waals surface area contributed by atoms with Crippen LogP contribution in [0.25, 0.3) is 11.0 Å². The molecule has 0 saturated carbocycles. The minimum atomic E-state index is -3.51. The van der Waals surface area contributed by atoms with Gasteiger partial charge in [-0.2, -0.15) is 5.10 Å². The van der Waals surface area contributed by atoms with Gasteiger partial charge in [-0.3, -0.25) is 4.79 Å². The van der Waals surface area contributed by atoms with Gasteiger partial charge in [0, 0.05) is 30.9 Å². The molecule has 3 aromatic rings. The molecule has 0 bridgehead atoms. The second kappa shape index (κ2) is 8.92. The summed E-state index contributed by atoms with van der Waals surface area (Å²) in [6.07, 6.45) is 2.88. The highest BCUT2D eigenvalue weighted by Crippen LogP contribution is 2.27. The predicted molar refractivity (Wildman–Crippen MR) is 126 cm³/mol. The first-order valence-electron chi connectivity index (χ1n) is 10.9. The smallest absolute Gasteiger partial charge is 0.254 e. The average Bonchev–Trinajstić information content (AvgIpc) is 3.43. The summed E-state index contributed by atoms with van der Waals surface area (Å²) in [5, 5.41) is 6.97. The van der Waals surface area contributed by atoms with Crippen LogP contribution < -0.4 is 4.72 Å². The quantitative estimate of drug-likeness (QED) is 0.585. The Morgan fingerprint density at radius 1 is 1.22 bits per heavy atom. The van der Waals surface area contributed by atoms with E-state index < -0.39 is 10.0 Å². The van der Waals surface area contributed by atoms with E-state index in [-0.39, 0.29) is 23.9 Å². The van der Waals surface area contributed by atoms with E-state index in [1.165, 1.54) is 11.3 Å². The fraction of sp³-hybridized carbons (Fsp3) is 0.500. The number of sulfonamides is 1. The van der Waals surface area contributed by atoms with Crippen molar-refractivity contribution in [1.82, 2.24) is 24.4 Å². The lowest BCUT2D eigenvalue weighted by molar-refractivity contribution is 0.0713. The molecule has 1 N–H and O–H groups in total. The Kier molecular flexibility index (Phi) is 6.37. The van der Waals surface area contributed by atoms with E-state index in [0.717, 1.165) is 16.7 Å². The average molecular weight is 476 g/mol. The Bertz CT molecular complexity index is 1210. The first-order chi connectivity index (χ1) is 15.2. The van der Waals surface area contributed by atoms with Crippen LogP contribution in [0.1, 0.15) is 68.5 Å². The lowest BCUT2D eigenvalue weighted by Crippen LogP contribution is -2.46. The van der Waals surface area contributed by atoms with Gasteiger partial charge in [0.2, 0.25) is 10.0 Å². The van der Waals surface area contributed by atoms with Crippen LogP contribution in [0, 0.1) is 0 Å². The number of hydrogen-bond donors (Lipinski definition) is 1. The lowest BCUT2D eigenvalue weighted by Gasteiger charge is -2.32. The lowest BCUT2D eigenvalue weighted by atomic mass is 10.0. The van der Waals surface area contributed by atoms with Crippen LogP contribution in [0.4, 0.5) is 0 Å². The zero-order valence-electron chi connectivity index (χ0n) is 18.8. The molecule has 0 atom stereocenters. The van der Waals surface area contributed by atoms with E-state index in [1.807, 2.05) is 29.5 Å². The monoisotopic (exact) mass is 475 g/mol. The summed E-state index contributed by atoms with van der Waals surface area (Å²) in [4.78, 5) is 20.1. The molecule has 1 aliphatic rings. The van der Waals surface area contributed by atoms with Gasteiger partial charge in [-0.1, -0.05) is 19.9 Å². The highest BCUT2D eigenvalue weighted by atomic mass is 32.2. The SMILES string of the molecule is CC(C)c1cc(C(=O)N2CCC(NS(=O)(=O)c3cccs3)CC2)c2cnn(C(C)C)c2n1. The van der Waals surface area contributed by atoms with Gasteiger partial charge in [0.05, 0.1) is 17.1 Å². The molecule has 10 heteroatoms. The molecular formula is C22H29N5O3S2. The summed E-state index contributed by atoms with van der Waals surface area (Å²) >= 11 is 1.20. The number of amides is 1. The van der Waals surface area contributed by atoms with Crippen LogP contribution in [0.15, 0.2) is 34.0 Å². The highest BCUT2D eigenvalue weighted by Gasteiger charge is 2.29. The highest BCUT2D eigenvalue weighted by molar-refractivity contribution is 7.91. The molecule has 1 aliphatic heterocycles. The van der Waals surface area contributed by atoms with E-state index in [1.54, 1.807) is 23.7 Å². The van der Waals surface area contributed by atoms with Crippen LogP contribution in [-0.4, -0.2) is 53.1 Å². The molecule has 1 saturated heterocycles. The van der Waals surface area contributed by atoms with E-state index >= 15 is 0 Å².